The topological polar surface area (TPSA) is 88.0 Å². The van der Waals surface area contributed by atoms with E-state index in [1.165, 1.54) is 6.07 Å². The summed E-state index contributed by atoms with van der Waals surface area (Å²) in [6.45, 7) is 9.77. The number of amides is 1. The van der Waals surface area contributed by atoms with Gasteiger partial charge in [0.15, 0.2) is 0 Å². The van der Waals surface area contributed by atoms with Crippen LogP contribution in [0.15, 0.2) is 18.2 Å². The number of benzene rings is 1. The van der Waals surface area contributed by atoms with Crippen LogP contribution < -0.4 is 10.2 Å². The highest BCUT2D eigenvalue weighted by Crippen LogP contribution is 2.31. The SMILES string of the molecule is CC(C)CN1CCOC(CNC(=O)c2ccc(N3CCCC3)c([N+](=O)[O-])c2)C1. The third-order valence-electron chi connectivity index (χ3n) is 5.22. The Kier molecular flexibility index (Phi) is 6.85. The second kappa shape index (κ2) is 9.34. The summed E-state index contributed by atoms with van der Waals surface area (Å²) in [5.41, 5.74) is 0.898. The molecule has 1 amide bonds. The molecule has 0 saturated carbocycles. The molecule has 1 N–H and O–H groups in total. The Morgan fingerprint density at radius 1 is 1.32 bits per heavy atom. The molecule has 0 bridgehead atoms. The first kappa shape index (κ1) is 20.5. The summed E-state index contributed by atoms with van der Waals surface area (Å²) >= 11 is 0. The summed E-state index contributed by atoms with van der Waals surface area (Å²) in [7, 11) is 0. The van der Waals surface area contributed by atoms with Crippen molar-refractivity contribution < 1.29 is 14.5 Å². The van der Waals surface area contributed by atoms with Crippen LogP contribution in [0.3, 0.4) is 0 Å². The van der Waals surface area contributed by atoms with Gasteiger partial charge in [0.1, 0.15) is 5.69 Å². The van der Waals surface area contributed by atoms with Gasteiger partial charge in [-0.1, -0.05) is 13.8 Å². The molecule has 2 fully saturated rings. The Morgan fingerprint density at radius 2 is 2.07 bits per heavy atom. The molecule has 154 valence electrons. The van der Waals surface area contributed by atoms with E-state index in [9.17, 15) is 14.9 Å². The average molecular weight is 390 g/mol. The van der Waals surface area contributed by atoms with Gasteiger partial charge in [0.05, 0.1) is 17.6 Å². The third-order valence-corrected chi connectivity index (χ3v) is 5.22. The number of nitrogens with zero attached hydrogens (tertiary/aromatic N) is 3. The van der Waals surface area contributed by atoms with Crippen molar-refractivity contribution in [3.8, 4) is 0 Å². The Balaban J connectivity index is 1.61. The fourth-order valence-electron chi connectivity index (χ4n) is 3.93. The lowest BCUT2D eigenvalue weighted by atomic mass is 10.1. The largest absolute Gasteiger partial charge is 0.374 e. The zero-order valence-corrected chi connectivity index (χ0v) is 16.7. The molecule has 2 heterocycles. The number of carbonyl (C=O) groups excluding carboxylic acids is 1. The molecule has 1 aromatic rings. The van der Waals surface area contributed by atoms with Gasteiger partial charge >= 0.3 is 0 Å². The zero-order chi connectivity index (χ0) is 20.1. The van der Waals surface area contributed by atoms with Gasteiger partial charge in [0, 0.05) is 50.9 Å². The molecule has 0 radical (unpaired) electrons. The molecule has 2 aliphatic rings. The summed E-state index contributed by atoms with van der Waals surface area (Å²) in [5.74, 6) is 0.281. The zero-order valence-electron chi connectivity index (χ0n) is 16.7. The van der Waals surface area contributed by atoms with Crippen LogP contribution in [0.2, 0.25) is 0 Å². The molecule has 8 nitrogen and oxygen atoms in total. The first-order chi connectivity index (χ1) is 13.4. The van der Waals surface area contributed by atoms with Crippen molar-refractivity contribution in [2.45, 2.75) is 32.8 Å². The Bertz CT molecular complexity index is 703. The van der Waals surface area contributed by atoms with Crippen molar-refractivity contribution in [1.29, 1.82) is 0 Å². The van der Waals surface area contributed by atoms with Crippen LogP contribution >= 0.6 is 0 Å². The summed E-state index contributed by atoms with van der Waals surface area (Å²) in [4.78, 5) is 28.0. The number of carbonyl (C=O) groups is 1. The van der Waals surface area contributed by atoms with Crippen molar-refractivity contribution >= 4 is 17.3 Å². The second-order valence-electron chi connectivity index (χ2n) is 8.01. The number of nitro benzene ring substituents is 1. The fraction of sp³-hybridized carbons (Fsp3) is 0.650. The molecule has 8 heteroatoms. The van der Waals surface area contributed by atoms with E-state index < -0.39 is 4.92 Å². The quantitative estimate of drug-likeness (QED) is 0.568. The number of anilines is 1. The molecular formula is C20H30N4O4. The van der Waals surface area contributed by atoms with E-state index in [2.05, 4.69) is 24.1 Å². The lowest BCUT2D eigenvalue weighted by molar-refractivity contribution is -0.384. The number of morpholine rings is 1. The highest BCUT2D eigenvalue weighted by Gasteiger charge is 2.25. The molecule has 1 aromatic carbocycles. The standard InChI is InChI=1S/C20H30N4O4/c1-15(2)13-22-9-10-28-17(14-22)12-21-20(25)16-5-6-18(19(11-16)24(26)27)23-7-3-4-8-23/h5-6,11,15,17H,3-4,7-10,12-14H2,1-2H3,(H,21,25). The fourth-order valence-corrected chi connectivity index (χ4v) is 3.93. The lowest BCUT2D eigenvalue weighted by Crippen LogP contribution is -2.48. The number of rotatable bonds is 7. The molecular weight excluding hydrogens is 360 g/mol. The van der Waals surface area contributed by atoms with E-state index in [1.54, 1.807) is 12.1 Å². The maximum absolute atomic E-state index is 12.5. The number of nitro groups is 1. The predicted octanol–water partition coefficient (Wildman–Crippen LogP) is 2.28. The van der Waals surface area contributed by atoms with Gasteiger partial charge < -0.3 is 15.0 Å². The van der Waals surface area contributed by atoms with Crippen molar-refractivity contribution in [1.82, 2.24) is 10.2 Å². The number of nitrogens with one attached hydrogen (secondary N) is 1. The van der Waals surface area contributed by atoms with Crippen molar-refractivity contribution in [2.75, 3.05) is 50.8 Å². The van der Waals surface area contributed by atoms with Crippen molar-refractivity contribution in [3.63, 3.8) is 0 Å². The van der Waals surface area contributed by atoms with Crippen LogP contribution in [0.4, 0.5) is 11.4 Å². The van der Waals surface area contributed by atoms with Crippen LogP contribution in [-0.4, -0.2) is 67.7 Å². The molecule has 0 aliphatic carbocycles. The Labute approximate surface area is 166 Å². The van der Waals surface area contributed by atoms with Gasteiger partial charge in [-0.25, -0.2) is 0 Å². The van der Waals surface area contributed by atoms with Crippen LogP contribution in [-0.2, 0) is 4.74 Å². The van der Waals surface area contributed by atoms with E-state index in [-0.39, 0.29) is 17.7 Å². The summed E-state index contributed by atoms with van der Waals surface area (Å²) < 4.78 is 5.75. The van der Waals surface area contributed by atoms with Crippen molar-refractivity contribution in [2.24, 2.45) is 5.92 Å². The third kappa shape index (κ3) is 5.20. The van der Waals surface area contributed by atoms with Gasteiger partial charge in [-0.05, 0) is 30.9 Å². The first-order valence-electron chi connectivity index (χ1n) is 10.1. The van der Waals surface area contributed by atoms with Gasteiger partial charge in [-0.15, -0.1) is 0 Å². The molecule has 2 saturated heterocycles. The van der Waals surface area contributed by atoms with Gasteiger partial charge in [0.2, 0.25) is 0 Å². The second-order valence-corrected chi connectivity index (χ2v) is 8.01. The van der Waals surface area contributed by atoms with Gasteiger partial charge in [0.25, 0.3) is 11.6 Å². The molecule has 0 spiro atoms. The van der Waals surface area contributed by atoms with Crippen LogP contribution in [0.25, 0.3) is 0 Å². The average Bonchev–Trinajstić information content (AvgIpc) is 3.20. The predicted molar refractivity (Wildman–Crippen MR) is 108 cm³/mol. The van der Waals surface area contributed by atoms with E-state index in [4.69, 9.17) is 4.74 Å². The monoisotopic (exact) mass is 390 g/mol. The maximum Gasteiger partial charge on any atom is 0.293 e. The minimum absolute atomic E-state index is 0.00780. The Morgan fingerprint density at radius 3 is 2.75 bits per heavy atom. The van der Waals surface area contributed by atoms with Gasteiger partial charge in [-0.2, -0.15) is 0 Å². The highest BCUT2D eigenvalue weighted by atomic mass is 16.6. The number of ether oxygens (including phenoxy) is 1. The van der Waals surface area contributed by atoms with E-state index in [0.717, 1.165) is 45.6 Å². The van der Waals surface area contributed by atoms with E-state index in [0.29, 0.717) is 30.3 Å². The molecule has 1 unspecified atom stereocenters. The number of hydrogen-bond acceptors (Lipinski definition) is 6. The summed E-state index contributed by atoms with van der Waals surface area (Å²) in [6.07, 6.45) is 2.01. The van der Waals surface area contributed by atoms with Crippen molar-refractivity contribution in [3.05, 3.63) is 33.9 Å². The lowest BCUT2D eigenvalue weighted by Gasteiger charge is -2.33. The Hall–Kier alpha value is -2.19. The molecule has 0 aromatic heterocycles. The summed E-state index contributed by atoms with van der Waals surface area (Å²) in [5, 5.41) is 14.4. The van der Waals surface area contributed by atoms with Gasteiger partial charge in [-0.3, -0.25) is 19.8 Å². The van der Waals surface area contributed by atoms with E-state index in [1.807, 2.05) is 4.90 Å². The highest BCUT2D eigenvalue weighted by molar-refractivity contribution is 5.95. The van der Waals surface area contributed by atoms with Crippen LogP contribution in [0, 0.1) is 16.0 Å². The number of hydrogen-bond donors (Lipinski definition) is 1. The minimum atomic E-state index is -0.404. The molecule has 28 heavy (non-hydrogen) atoms. The van der Waals surface area contributed by atoms with Crippen LogP contribution in [0.5, 0.6) is 0 Å². The first-order valence-corrected chi connectivity index (χ1v) is 10.1. The maximum atomic E-state index is 12.5. The van der Waals surface area contributed by atoms with E-state index >= 15 is 0 Å². The smallest absolute Gasteiger partial charge is 0.293 e. The molecule has 2 aliphatic heterocycles. The molecule has 1 atom stereocenters. The minimum Gasteiger partial charge on any atom is -0.374 e. The molecule has 3 rings (SSSR count). The normalized spacial score (nSPS) is 20.5. The summed E-state index contributed by atoms with van der Waals surface area (Å²) in [6, 6.07) is 4.75. The van der Waals surface area contributed by atoms with Crippen LogP contribution in [0.1, 0.15) is 37.0 Å².